The first-order chi connectivity index (χ1) is 7.17. The highest BCUT2D eigenvalue weighted by molar-refractivity contribution is 5.74. The number of methoxy groups -OCH3 is 1. The molecule has 1 aromatic rings. The number of aliphatic hydroxyl groups excluding tert-OH is 1. The Morgan fingerprint density at radius 2 is 2.27 bits per heavy atom. The number of hydrogen-bond acceptors (Lipinski definition) is 5. The van der Waals surface area contributed by atoms with Gasteiger partial charge in [0, 0.05) is 0 Å². The van der Waals surface area contributed by atoms with Gasteiger partial charge in [0.2, 0.25) is 0 Å². The highest BCUT2D eigenvalue weighted by Crippen LogP contribution is 2.07. The van der Waals surface area contributed by atoms with E-state index in [4.69, 9.17) is 9.52 Å². The van der Waals surface area contributed by atoms with Crippen molar-refractivity contribution in [1.82, 2.24) is 5.32 Å². The Morgan fingerprint density at radius 3 is 2.80 bits per heavy atom. The Balaban J connectivity index is 2.39. The fourth-order valence-corrected chi connectivity index (χ4v) is 1.12. The molecule has 0 saturated heterocycles. The maximum Gasteiger partial charge on any atom is 0.322 e. The van der Waals surface area contributed by atoms with Crippen LogP contribution in [0, 0.1) is 0 Å². The van der Waals surface area contributed by atoms with Gasteiger partial charge in [-0.05, 0) is 19.1 Å². The average Bonchev–Trinajstić information content (AvgIpc) is 2.72. The molecular formula is C10H15NO4. The van der Waals surface area contributed by atoms with Gasteiger partial charge in [0.05, 0.1) is 13.7 Å². The number of nitrogens with one attached hydrogen (secondary N) is 1. The molecule has 0 aromatic carbocycles. The van der Waals surface area contributed by atoms with Gasteiger partial charge in [-0.3, -0.25) is 10.1 Å². The zero-order chi connectivity index (χ0) is 11.3. The van der Waals surface area contributed by atoms with Crippen molar-refractivity contribution in [2.75, 3.05) is 7.11 Å². The van der Waals surface area contributed by atoms with Crippen LogP contribution < -0.4 is 5.32 Å². The van der Waals surface area contributed by atoms with Crippen LogP contribution in [0.3, 0.4) is 0 Å². The standard InChI is InChI=1S/C10H15NO4/c1-7(10(13)14-2)11-5-8-3-4-9(6-12)15-8/h3-4,7,11-12H,5-6H2,1-2H3/t7-/m0/s1. The molecule has 0 bridgehead atoms. The van der Waals surface area contributed by atoms with E-state index in [-0.39, 0.29) is 18.6 Å². The lowest BCUT2D eigenvalue weighted by Crippen LogP contribution is -2.34. The number of hydrogen-bond donors (Lipinski definition) is 2. The van der Waals surface area contributed by atoms with E-state index in [1.54, 1.807) is 19.1 Å². The summed E-state index contributed by atoms with van der Waals surface area (Å²) in [5.74, 6) is 0.872. The molecule has 2 N–H and O–H groups in total. The Hall–Kier alpha value is -1.33. The lowest BCUT2D eigenvalue weighted by atomic mass is 10.3. The second-order valence-corrected chi connectivity index (χ2v) is 3.15. The van der Waals surface area contributed by atoms with Gasteiger partial charge in [-0.2, -0.15) is 0 Å². The monoisotopic (exact) mass is 213 g/mol. The van der Waals surface area contributed by atoms with Gasteiger partial charge in [0.25, 0.3) is 0 Å². The largest absolute Gasteiger partial charge is 0.468 e. The molecule has 1 rings (SSSR count). The Labute approximate surface area is 88.0 Å². The van der Waals surface area contributed by atoms with Crippen LogP contribution in [-0.4, -0.2) is 24.2 Å². The SMILES string of the molecule is COC(=O)[C@H](C)NCc1ccc(CO)o1. The Kier molecular flexibility index (Phi) is 4.33. The van der Waals surface area contributed by atoms with Crippen molar-refractivity contribution in [3.05, 3.63) is 23.7 Å². The highest BCUT2D eigenvalue weighted by atomic mass is 16.5. The van der Waals surface area contributed by atoms with Crippen LogP contribution in [0.5, 0.6) is 0 Å². The van der Waals surface area contributed by atoms with Gasteiger partial charge >= 0.3 is 5.97 Å². The van der Waals surface area contributed by atoms with E-state index in [2.05, 4.69) is 10.1 Å². The first kappa shape index (κ1) is 11.7. The molecule has 1 aromatic heterocycles. The molecule has 0 saturated carbocycles. The zero-order valence-corrected chi connectivity index (χ0v) is 8.82. The van der Waals surface area contributed by atoms with Crippen molar-refractivity contribution in [1.29, 1.82) is 0 Å². The summed E-state index contributed by atoms with van der Waals surface area (Å²) in [7, 11) is 1.34. The van der Waals surface area contributed by atoms with Crippen LogP contribution in [0.25, 0.3) is 0 Å². The van der Waals surface area contributed by atoms with E-state index in [9.17, 15) is 4.79 Å². The molecule has 5 nitrogen and oxygen atoms in total. The molecule has 5 heteroatoms. The van der Waals surface area contributed by atoms with Gasteiger partial charge in [-0.1, -0.05) is 0 Å². The number of carbonyl (C=O) groups excluding carboxylic acids is 1. The molecule has 84 valence electrons. The predicted octanol–water partition coefficient (Wildman–Crippen LogP) is 0.423. The van der Waals surface area contributed by atoms with Crippen LogP contribution in [0.1, 0.15) is 18.4 Å². The summed E-state index contributed by atoms with van der Waals surface area (Å²) in [6.07, 6.45) is 0. The van der Waals surface area contributed by atoms with Crippen LogP contribution >= 0.6 is 0 Å². The molecule has 1 heterocycles. The number of furan rings is 1. The van der Waals surface area contributed by atoms with E-state index in [1.807, 2.05) is 0 Å². The third-order valence-corrected chi connectivity index (χ3v) is 2.01. The molecular weight excluding hydrogens is 198 g/mol. The van der Waals surface area contributed by atoms with E-state index in [1.165, 1.54) is 7.11 Å². The minimum absolute atomic E-state index is 0.118. The smallest absolute Gasteiger partial charge is 0.322 e. The third kappa shape index (κ3) is 3.38. The highest BCUT2D eigenvalue weighted by Gasteiger charge is 2.12. The molecule has 0 unspecified atom stereocenters. The average molecular weight is 213 g/mol. The number of carbonyl (C=O) groups is 1. The first-order valence-electron chi connectivity index (χ1n) is 4.67. The quantitative estimate of drug-likeness (QED) is 0.694. The minimum atomic E-state index is -0.377. The Bertz CT molecular complexity index is 321. The normalized spacial score (nSPS) is 12.5. The van der Waals surface area contributed by atoms with E-state index in [0.29, 0.717) is 18.1 Å². The molecule has 0 aliphatic rings. The summed E-state index contributed by atoms with van der Waals surface area (Å²) in [4.78, 5) is 11.0. The maximum absolute atomic E-state index is 11.0. The molecule has 0 radical (unpaired) electrons. The molecule has 0 aliphatic carbocycles. The van der Waals surface area contributed by atoms with Gasteiger partial charge in [-0.25, -0.2) is 0 Å². The molecule has 0 aliphatic heterocycles. The van der Waals surface area contributed by atoms with Crippen molar-refractivity contribution in [3.8, 4) is 0 Å². The third-order valence-electron chi connectivity index (χ3n) is 2.01. The summed E-state index contributed by atoms with van der Waals surface area (Å²) >= 11 is 0. The van der Waals surface area contributed by atoms with Crippen LogP contribution in [0.2, 0.25) is 0 Å². The van der Waals surface area contributed by atoms with Crippen molar-refractivity contribution >= 4 is 5.97 Å². The summed E-state index contributed by atoms with van der Waals surface area (Å²) < 4.78 is 9.79. The van der Waals surface area contributed by atoms with Crippen LogP contribution in [-0.2, 0) is 22.7 Å². The second-order valence-electron chi connectivity index (χ2n) is 3.15. The van der Waals surface area contributed by atoms with Crippen LogP contribution in [0.4, 0.5) is 0 Å². The number of ether oxygens (including phenoxy) is 1. The summed E-state index contributed by atoms with van der Waals surface area (Å²) in [6.45, 7) is 2.02. The molecule has 15 heavy (non-hydrogen) atoms. The first-order valence-corrected chi connectivity index (χ1v) is 4.67. The molecule has 0 spiro atoms. The van der Waals surface area contributed by atoms with Gasteiger partial charge in [0.15, 0.2) is 0 Å². The fraction of sp³-hybridized carbons (Fsp3) is 0.500. The summed E-state index contributed by atoms with van der Waals surface area (Å²) in [5.41, 5.74) is 0. The fourth-order valence-electron chi connectivity index (χ4n) is 1.12. The van der Waals surface area contributed by atoms with Crippen molar-refractivity contribution in [2.45, 2.75) is 26.1 Å². The summed E-state index contributed by atoms with van der Waals surface area (Å²) in [5, 5.41) is 11.7. The zero-order valence-electron chi connectivity index (χ0n) is 8.82. The Morgan fingerprint density at radius 1 is 1.60 bits per heavy atom. The molecule has 0 fully saturated rings. The molecule has 1 atom stereocenters. The van der Waals surface area contributed by atoms with Gasteiger partial charge < -0.3 is 14.3 Å². The number of esters is 1. The number of aliphatic hydroxyl groups is 1. The lowest BCUT2D eigenvalue weighted by Gasteiger charge is -2.09. The van der Waals surface area contributed by atoms with Crippen LogP contribution in [0.15, 0.2) is 16.5 Å². The summed E-state index contributed by atoms with van der Waals surface area (Å²) in [6, 6.07) is 3.07. The second kappa shape index (κ2) is 5.53. The maximum atomic E-state index is 11.0. The van der Waals surface area contributed by atoms with E-state index >= 15 is 0 Å². The van der Waals surface area contributed by atoms with Gasteiger partial charge in [0.1, 0.15) is 24.2 Å². The van der Waals surface area contributed by atoms with Crippen molar-refractivity contribution in [3.63, 3.8) is 0 Å². The van der Waals surface area contributed by atoms with Crippen molar-refractivity contribution < 1.29 is 19.1 Å². The predicted molar refractivity (Wildman–Crippen MR) is 52.9 cm³/mol. The number of rotatable bonds is 5. The lowest BCUT2D eigenvalue weighted by molar-refractivity contribution is -0.142. The van der Waals surface area contributed by atoms with E-state index in [0.717, 1.165) is 0 Å². The van der Waals surface area contributed by atoms with E-state index < -0.39 is 0 Å². The topological polar surface area (TPSA) is 71.7 Å². The molecule has 0 amide bonds. The minimum Gasteiger partial charge on any atom is -0.468 e. The van der Waals surface area contributed by atoms with Crippen molar-refractivity contribution in [2.24, 2.45) is 0 Å². The van der Waals surface area contributed by atoms with Gasteiger partial charge in [-0.15, -0.1) is 0 Å².